The lowest BCUT2D eigenvalue weighted by Gasteiger charge is -2.49. The van der Waals surface area contributed by atoms with Gasteiger partial charge in [-0.05, 0) is 6.92 Å². The molecule has 0 radical (unpaired) electrons. The zero-order valence-electron chi connectivity index (χ0n) is 29.1. The van der Waals surface area contributed by atoms with E-state index in [4.69, 9.17) is 42.6 Å². The van der Waals surface area contributed by atoms with E-state index in [-0.39, 0.29) is 0 Å². The zero-order valence-corrected chi connectivity index (χ0v) is 29.1. The molecular weight excluding hydrogens is 760 g/mol. The molecule has 5 saturated heterocycles. The maximum Gasteiger partial charge on any atom is 0.187 e. The second-order valence-corrected chi connectivity index (χ2v) is 13.9. The highest BCUT2D eigenvalue weighted by Gasteiger charge is 2.56. The number of hydrogen-bond acceptors (Lipinski definition) is 25. The highest BCUT2D eigenvalue weighted by molar-refractivity contribution is 4.98. The van der Waals surface area contributed by atoms with Crippen LogP contribution in [-0.2, 0) is 42.6 Å². The average Bonchev–Trinajstić information content (AvgIpc) is 3.17. The van der Waals surface area contributed by atoms with E-state index in [1.54, 1.807) is 0 Å². The summed E-state index contributed by atoms with van der Waals surface area (Å²) in [6.45, 7) is -2.23. The van der Waals surface area contributed by atoms with Crippen LogP contribution in [-0.4, -0.2) is 262 Å². The molecule has 0 bridgehead atoms. The van der Waals surface area contributed by atoms with Crippen LogP contribution in [0.4, 0.5) is 0 Å². The van der Waals surface area contributed by atoms with Crippen LogP contribution < -0.4 is 0 Å². The summed E-state index contributed by atoms with van der Waals surface area (Å²) in [5.74, 6) is 0. The second kappa shape index (κ2) is 18.9. The van der Waals surface area contributed by atoms with Gasteiger partial charge in [-0.1, -0.05) is 0 Å². The molecule has 5 fully saturated rings. The Kier molecular flexibility index (Phi) is 15.5. The van der Waals surface area contributed by atoms with Crippen LogP contribution >= 0.6 is 0 Å². The lowest BCUT2D eigenvalue weighted by molar-refractivity contribution is -0.399. The van der Waals surface area contributed by atoms with E-state index in [2.05, 4.69) is 0 Å². The van der Waals surface area contributed by atoms with Gasteiger partial charge in [-0.2, -0.15) is 0 Å². The third-order valence-electron chi connectivity index (χ3n) is 10.3. The largest absolute Gasteiger partial charge is 0.394 e. The van der Waals surface area contributed by atoms with Gasteiger partial charge in [0.05, 0.1) is 32.5 Å². The van der Waals surface area contributed by atoms with Crippen LogP contribution in [0.5, 0.6) is 0 Å². The van der Waals surface area contributed by atoms with Gasteiger partial charge in [0.2, 0.25) is 0 Å². The first-order valence-corrected chi connectivity index (χ1v) is 17.5. The zero-order chi connectivity index (χ0) is 40.6. The molecule has 0 saturated carbocycles. The minimum Gasteiger partial charge on any atom is -0.394 e. The molecule has 5 aliphatic rings. The number of aliphatic hydroxyl groups excluding tert-OH is 16. The summed E-state index contributed by atoms with van der Waals surface area (Å²) in [6.07, 6.45) is -45.6. The van der Waals surface area contributed by atoms with Gasteiger partial charge in [0.15, 0.2) is 31.5 Å². The van der Waals surface area contributed by atoms with Crippen molar-refractivity contribution < 1.29 is 124 Å². The molecule has 55 heavy (non-hydrogen) atoms. The number of ether oxygens (including phenoxy) is 9. The van der Waals surface area contributed by atoms with Crippen molar-refractivity contribution in [3.8, 4) is 0 Å². The fourth-order valence-corrected chi connectivity index (χ4v) is 6.93. The van der Waals surface area contributed by atoms with Crippen molar-refractivity contribution in [1.29, 1.82) is 0 Å². The first-order valence-electron chi connectivity index (χ1n) is 17.5. The van der Waals surface area contributed by atoms with Crippen LogP contribution in [0, 0.1) is 0 Å². The van der Waals surface area contributed by atoms with E-state index in [0.717, 1.165) is 0 Å². The molecule has 25 heteroatoms. The lowest BCUT2D eigenvalue weighted by Crippen LogP contribution is -2.68. The SMILES string of the molecule is CC1OC(OC2C(O)C(O)OC(CO)C2O)C(O)C(OC2OC(CO)C(O)C(OC3OC(CO)C(O)C(O)C3OC3OC(CO)C(O)C(O)C3O)C2O)C1O. The Morgan fingerprint density at radius 1 is 0.327 bits per heavy atom. The van der Waals surface area contributed by atoms with E-state index in [1.807, 2.05) is 0 Å². The highest BCUT2D eigenvalue weighted by Crippen LogP contribution is 2.36. The Balaban J connectivity index is 1.36. The lowest BCUT2D eigenvalue weighted by atomic mass is 9.95. The summed E-state index contributed by atoms with van der Waals surface area (Å²) in [5.41, 5.74) is 0. The first-order chi connectivity index (χ1) is 26.0. The van der Waals surface area contributed by atoms with Crippen LogP contribution in [0.15, 0.2) is 0 Å². The normalized spacial score (nSPS) is 53.9. The van der Waals surface area contributed by atoms with Crippen molar-refractivity contribution in [2.24, 2.45) is 0 Å². The Morgan fingerprint density at radius 3 is 1.22 bits per heavy atom. The van der Waals surface area contributed by atoms with Crippen LogP contribution in [0.25, 0.3) is 0 Å². The molecule has 322 valence electrons. The van der Waals surface area contributed by atoms with E-state index < -0.39 is 180 Å². The van der Waals surface area contributed by atoms with E-state index in [0.29, 0.717) is 0 Å². The van der Waals surface area contributed by atoms with Crippen molar-refractivity contribution >= 4 is 0 Å². The summed E-state index contributed by atoms with van der Waals surface area (Å²) in [4.78, 5) is 0. The summed E-state index contributed by atoms with van der Waals surface area (Å²) < 4.78 is 49.6. The summed E-state index contributed by atoms with van der Waals surface area (Å²) >= 11 is 0. The van der Waals surface area contributed by atoms with Gasteiger partial charge in [0.1, 0.15) is 116 Å². The summed E-state index contributed by atoms with van der Waals surface area (Å²) in [6, 6.07) is 0. The average molecular weight is 813 g/mol. The Morgan fingerprint density at radius 2 is 0.691 bits per heavy atom. The van der Waals surface area contributed by atoms with Gasteiger partial charge in [-0.3, -0.25) is 0 Å². The predicted octanol–water partition coefficient (Wildman–Crippen LogP) is -10.9. The van der Waals surface area contributed by atoms with Gasteiger partial charge < -0.3 is 124 Å². The van der Waals surface area contributed by atoms with Crippen molar-refractivity contribution in [3.63, 3.8) is 0 Å². The maximum atomic E-state index is 11.4. The van der Waals surface area contributed by atoms with E-state index in [1.165, 1.54) is 6.92 Å². The van der Waals surface area contributed by atoms with Gasteiger partial charge in [0.25, 0.3) is 0 Å². The maximum absolute atomic E-state index is 11.4. The Hall–Kier alpha value is -1.00. The third-order valence-corrected chi connectivity index (χ3v) is 10.3. The number of hydrogen-bond donors (Lipinski definition) is 16. The Bertz CT molecular complexity index is 1190. The topological polar surface area (TPSA) is 407 Å². The molecule has 25 atom stereocenters. The molecule has 25 nitrogen and oxygen atoms in total. The molecule has 0 amide bonds. The van der Waals surface area contributed by atoms with Crippen molar-refractivity contribution in [2.75, 3.05) is 26.4 Å². The molecule has 0 aromatic rings. The van der Waals surface area contributed by atoms with Gasteiger partial charge in [-0.25, -0.2) is 0 Å². The van der Waals surface area contributed by atoms with Crippen LogP contribution in [0.3, 0.4) is 0 Å². The third kappa shape index (κ3) is 9.11. The summed E-state index contributed by atoms with van der Waals surface area (Å²) in [5, 5.41) is 167. The van der Waals surface area contributed by atoms with E-state index in [9.17, 15) is 81.7 Å². The molecule has 0 aliphatic carbocycles. The molecule has 5 heterocycles. The standard InChI is InChI=1S/C30H52O25/c1-6-11(35)22(20(44)28(47-6)53-23-14(38)9(4-33)48-26(46)19(23)43)52-29-21(45)24(15(39)10(5-34)50-29)54-30-25(17(41)13(37)8(3-32)51-30)55-27-18(42)16(40)12(36)7(2-31)49-27/h6-46H,2-5H2,1H3. The first kappa shape index (κ1) is 45.1. The smallest absolute Gasteiger partial charge is 0.187 e. The molecule has 16 N–H and O–H groups in total. The molecule has 25 unspecified atom stereocenters. The van der Waals surface area contributed by atoms with Crippen LogP contribution in [0.1, 0.15) is 6.92 Å². The predicted molar refractivity (Wildman–Crippen MR) is 165 cm³/mol. The highest BCUT2D eigenvalue weighted by atomic mass is 16.8. The monoisotopic (exact) mass is 812 g/mol. The number of rotatable bonds is 12. The molecule has 5 rings (SSSR count). The molecule has 5 aliphatic heterocycles. The minimum atomic E-state index is -2.14. The second-order valence-electron chi connectivity index (χ2n) is 13.9. The van der Waals surface area contributed by atoms with Crippen molar-refractivity contribution in [2.45, 2.75) is 160 Å². The number of aliphatic hydroxyl groups is 16. The Labute approximate surface area is 311 Å². The fraction of sp³-hybridized carbons (Fsp3) is 1.00. The molecule has 0 spiro atoms. The van der Waals surface area contributed by atoms with Gasteiger partial charge in [-0.15, -0.1) is 0 Å². The van der Waals surface area contributed by atoms with Crippen molar-refractivity contribution in [1.82, 2.24) is 0 Å². The van der Waals surface area contributed by atoms with Crippen LogP contribution in [0.2, 0.25) is 0 Å². The van der Waals surface area contributed by atoms with Gasteiger partial charge >= 0.3 is 0 Å². The fourth-order valence-electron chi connectivity index (χ4n) is 6.93. The molecule has 0 aromatic carbocycles. The minimum absolute atomic E-state index is 0.801. The quantitative estimate of drug-likeness (QED) is 0.0870. The van der Waals surface area contributed by atoms with Gasteiger partial charge in [0, 0.05) is 0 Å². The molecule has 0 aromatic heterocycles. The van der Waals surface area contributed by atoms with E-state index >= 15 is 0 Å². The summed E-state index contributed by atoms with van der Waals surface area (Å²) in [7, 11) is 0. The van der Waals surface area contributed by atoms with Crippen molar-refractivity contribution in [3.05, 3.63) is 0 Å². The molecular formula is C30H52O25.